The average molecular weight is 307 g/mol. The van der Waals surface area contributed by atoms with Crippen molar-refractivity contribution in [3.05, 3.63) is 29.0 Å². The van der Waals surface area contributed by atoms with E-state index in [1.807, 2.05) is 0 Å². The molecule has 0 bridgehead atoms. The number of nitrogens with one attached hydrogen (secondary N) is 3. The molecular weight excluding hydrogens is 296 g/mol. The number of carbonyl (C=O) groups excluding carboxylic acids is 3. The van der Waals surface area contributed by atoms with E-state index >= 15 is 0 Å². The minimum atomic E-state index is -0.726. The summed E-state index contributed by atoms with van der Waals surface area (Å²) < 4.78 is 0. The molecule has 2 aromatic rings. The fraction of sp³-hybridized carbons (Fsp3) is 0.231. The fourth-order valence-electron chi connectivity index (χ4n) is 2.26. The maximum absolute atomic E-state index is 12.3. The lowest BCUT2D eigenvalue weighted by Gasteiger charge is -2.21. The summed E-state index contributed by atoms with van der Waals surface area (Å²) >= 11 is 6.07. The number of pyridine rings is 1. The molecule has 1 unspecified atom stereocenters. The van der Waals surface area contributed by atoms with E-state index in [0.717, 1.165) is 0 Å². The van der Waals surface area contributed by atoms with Crippen molar-refractivity contribution in [1.29, 1.82) is 0 Å². The van der Waals surface area contributed by atoms with Crippen LogP contribution >= 0.6 is 11.6 Å². The van der Waals surface area contributed by atoms with Crippen LogP contribution in [0.1, 0.15) is 23.2 Å². The van der Waals surface area contributed by atoms with Crippen molar-refractivity contribution in [1.82, 2.24) is 20.6 Å². The van der Waals surface area contributed by atoms with Gasteiger partial charge in [0.15, 0.2) is 0 Å². The van der Waals surface area contributed by atoms with Gasteiger partial charge in [0.25, 0.3) is 5.91 Å². The molecule has 21 heavy (non-hydrogen) atoms. The van der Waals surface area contributed by atoms with Gasteiger partial charge in [0, 0.05) is 18.8 Å². The summed E-state index contributed by atoms with van der Waals surface area (Å²) in [5.74, 6) is -1.26. The monoisotopic (exact) mass is 306 g/mol. The molecule has 8 heteroatoms. The van der Waals surface area contributed by atoms with Gasteiger partial charge in [-0.2, -0.15) is 0 Å². The highest BCUT2D eigenvalue weighted by Crippen LogP contribution is 2.25. The van der Waals surface area contributed by atoms with Gasteiger partial charge in [-0.3, -0.25) is 19.7 Å². The van der Waals surface area contributed by atoms with Gasteiger partial charge >= 0.3 is 0 Å². The van der Waals surface area contributed by atoms with Crippen molar-refractivity contribution in [2.75, 3.05) is 0 Å². The fourth-order valence-corrected chi connectivity index (χ4v) is 2.51. The van der Waals surface area contributed by atoms with E-state index < -0.39 is 17.9 Å². The van der Waals surface area contributed by atoms with Crippen LogP contribution in [0.5, 0.6) is 0 Å². The number of H-pyrrole nitrogens is 1. The number of carbonyl (C=O) groups is 3. The molecule has 3 heterocycles. The molecule has 3 rings (SSSR count). The van der Waals surface area contributed by atoms with Gasteiger partial charge in [0.1, 0.15) is 11.7 Å². The van der Waals surface area contributed by atoms with Crippen molar-refractivity contribution < 1.29 is 14.4 Å². The van der Waals surface area contributed by atoms with Crippen LogP contribution in [0.2, 0.25) is 5.02 Å². The van der Waals surface area contributed by atoms with Crippen molar-refractivity contribution >= 4 is 40.4 Å². The Kier molecular flexibility index (Phi) is 3.34. The number of hydrogen-bond acceptors (Lipinski definition) is 4. The van der Waals surface area contributed by atoms with E-state index in [4.69, 9.17) is 11.6 Å². The second kappa shape index (κ2) is 5.17. The van der Waals surface area contributed by atoms with Gasteiger partial charge in [-0.1, -0.05) is 11.6 Å². The van der Waals surface area contributed by atoms with Crippen molar-refractivity contribution in [2.45, 2.75) is 18.9 Å². The van der Waals surface area contributed by atoms with Crippen LogP contribution in [0, 0.1) is 0 Å². The molecule has 3 N–H and O–H groups in total. The lowest BCUT2D eigenvalue weighted by molar-refractivity contribution is -0.134. The minimum Gasteiger partial charge on any atom is -0.345 e. The smallest absolute Gasteiger partial charge is 0.254 e. The van der Waals surface area contributed by atoms with E-state index in [9.17, 15) is 14.4 Å². The molecule has 0 saturated carbocycles. The van der Waals surface area contributed by atoms with Gasteiger partial charge in [-0.25, -0.2) is 4.98 Å². The van der Waals surface area contributed by atoms with Gasteiger partial charge in [-0.05, 0) is 12.5 Å². The maximum atomic E-state index is 12.3. The first-order chi connectivity index (χ1) is 10.1. The van der Waals surface area contributed by atoms with E-state index in [1.54, 1.807) is 6.07 Å². The zero-order valence-electron chi connectivity index (χ0n) is 10.8. The number of piperidine rings is 1. The lowest BCUT2D eigenvalue weighted by Crippen LogP contribution is -2.52. The largest absolute Gasteiger partial charge is 0.345 e. The number of aromatic nitrogens is 2. The highest BCUT2D eigenvalue weighted by molar-refractivity contribution is 6.36. The van der Waals surface area contributed by atoms with Gasteiger partial charge in [0.05, 0.1) is 16.0 Å². The van der Waals surface area contributed by atoms with Gasteiger partial charge in [-0.15, -0.1) is 0 Å². The topological polar surface area (TPSA) is 104 Å². The van der Waals surface area contributed by atoms with Crippen LogP contribution in [0.15, 0.2) is 18.5 Å². The summed E-state index contributed by atoms with van der Waals surface area (Å²) in [6.45, 7) is 0. The maximum Gasteiger partial charge on any atom is 0.254 e. The molecule has 108 valence electrons. The zero-order chi connectivity index (χ0) is 15.0. The zero-order valence-corrected chi connectivity index (χ0v) is 11.5. The number of imide groups is 1. The standard InChI is InChI=1S/C13H11ClN4O3/c14-7-3-4-15-11-10(7)6(5-16-11)12(20)17-8-1-2-9(19)18-13(8)21/h3-5,8H,1-2H2,(H,15,16)(H,17,20)(H,18,19,21). The molecular formula is C13H11ClN4O3. The number of hydrogen-bond donors (Lipinski definition) is 3. The SMILES string of the molecule is O=C1CCC(NC(=O)c2c[nH]c3nccc(Cl)c23)C(=O)N1. The molecule has 0 spiro atoms. The Morgan fingerprint density at radius 3 is 3.00 bits per heavy atom. The van der Waals surface area contributed by atoms with E-state index in [2.05, 4.69) is 20.6 Å². The molecule has 2 aromatic heterocycles. The van der Waals surface area contributed by atoms with Crippen molar-refractivity contribution in [3.63, 3.8) is 0 Å². The molecule has 1 aliphatic rings. The number of rotatable bonds is 2. The molecule has 1 saturated heterocycles. The third-order valence-corrected chi connectivity index (χ3v) is 3.63. The van der Waals surface area contributed by atoms with E-state index in [1.165, 1.54) is 12.4 Å². The van der Waals surface area contributed by atoms with Gasteiger partial charge < -0.3 is 10.3 Å². The molecule has 1 fully saturated rings. The first-order valence-electron chi connectivity index (χ1n) is 6.32. The summed E-state index contributed by atoms with van der Waals surface area (Å²) in [5, 5.41) is 5.69. The third-order valence-electron chi connectivity index (χ3n) is 3.31. The predicted octanol–water partition coefficient (Wildman–Crippen LogP) is 0.751. The Morgan fingerprint density at radius 2 is 2.24 bits per heavy atom. The number of aromatic amines is 1. The summed E-state index contributed by atoms with van der Waals surface area (Å²) in [6.07, 6.45) is 3.51. The quantitative estimate of drug-likeness (QED) is 0.712. The minimum absolute atomic E-state index is 0.201. The Labute approximate surface area is 124 Å². The van der Waals surface area contributed by atoms with Crippen LogP contribution in [0.25, 0.3) is 11.0 Å². The third kappa shape index (κ3) is 2.47. The van der Waals surface area contributed by atoms with E-state index in [0.29, 0.717) is 21.6 Å². The summed E-state index contributed by atoms with van der Waals surface area (Å²) in [5.41, 5.74) is 0.809. The molecule has 3 amide bonds. The molecule has 1 atom stereocenters. The number of amides is 3. The molecule has 0 aromatic carbocycles. The summed E-state index contributed by atoms with van der Waals surface area (Å²) in [7, 11) is 0. The number of halogens is 1. The van der Waals surface area contributed by atoms with Crippen molar-refractivity contribution in [2.24, 2.45) is 0 Å². The Balaban J connectivity index is 1.85. The summed E-state index contributed by atoms with van der Waals surface area (Å²) in [4.78, 5) is 41.9. The van der Waals surface area contributed by atoms with Crippen LogP contribution in [-0.4, -0.2) is 33.7 Å². The second-order valence-corrected chi connectivity index (χ2v) is 5.10. The van der Waals surface area contributed by atoms with Crippen LogP contribution < -0.4 is 10.6 Å². The Morgan fingerprint density at radius 1 is 1.43 bits per heavy atom. The van der Waals surface area contributed by atoms with Crippen LogP contribution in [-0.2, 0) is 9.59 Å². The summed E-state index contributed by atoms with van der Waals surface area (Å²) in [6, 6.07) is 0.858. The molecule has 0 aliphatic carbocycles. The Hall–Kier alpha value is -2.41. The average Bonchev–Trinajstić information content (AvgIpc) is 2.87. The van der Waals surface area contributed by atoms with E-state index in [-0.39, 0.29) is 18.7 Å². The lowest BCUT2D eigenvalue weighted by atomic mass is 10.1. The number of nitrogens with zero attached hydrogens (tertiary/aromatic N) is 1. The number of fused-ring (bicyclic) bond motifs is 1. The second-order valence-electron chi connectivity index (χ2n) is 4.70. The van der Waals surface area contributed by atoms with Crippen LogP contribution in [0.4, 0.5) is 0 Å². The van der Waals surface area contributed by atoms with Crippen LogP contribution in [0.3, 0.4) is 0 Å². The highest BCUT2D eigenvalue weighted by atomic mass is 35.5. The molecule has 7 nitrogen and oxygen atoms in total. The molecule has 1 aliphatic heterocycles. The Bertz CT molecular complexity index is 755. The van der Waals surface area contributed by atoms with Gasteiger partial charge in [0.2, 0.25) is 11.8 Å². The first-order valence-corrected chi connectivity index (χ1v) is 6.70. The first kappa shape index (κ1) is 13.6. The highest BCUT2D eigenvalue weighted by Gasteiger charge is 2.28. The van der Waals surface area contributed by atoms with Crippen molar-refractivity contribution in [3.8, 4) is 0 Å². The molecule has 0 radical (unpaired) electrons. The normalized spacial score (nSPS) is 18.6. The predicted molar refractivity (Wildman–Crippen MR) is 74.7 cm³/mol.